The first-order chi connectivity index (χ1) is 10.9. The number of aromatic nitrogens is 3. The van der Waals surface area contributed by atoms with Crippen molar-refractivity contribution in [1.82, 2.24) is 14.4 Å². The highest BCUT2D eigenvalue weighted by molar-refractivity contribution is 5.82. The van der Waals surface area contributed by atoms with E-state index < -0.39 is 0 Å². The molecule has 0 bridgehead atoms. The Kier molecular flexibility index (Phi) is 3.20. The van der Waals surface area contributed by atoms with E-state index >= 15 is 0 Å². The smallest absolute Gasteiger partial charge is 0.180 e. The Hall–Kier alpha value is -2.88. The van der Waals surface area contributed by atoms with Crippen LogP contribution in [0, 0.1) is 0 Å². The van der Waals surface area contributed by atoms with E-state index in [0.29, 0.717) is 0 Å². The van der Waals surface area contributed by atoms with E-state index in [1.165, 1.54) is 5.56 Å². The van der Waals surface area contributed by atoms with Crippen LogP contribution in [0.3, 0.4) is 0 Å². The molecule has 0 aliphatic heterocycles. The van der Waals surface area contributed by atoms with Crippen LogP contribution in [0.1, 0.15) is 5.56 Å². The molecule has 0 unspecified atom stereocenters. The van der Waals surface area contributed by atoms with Gasteiger partial charge in [0.15, 0.2) is 11.5 Å². The second-order valence-corrected chi connectivity index (χ2v) is 5.23. The molecule has 0 aliphatic carbocycles. The molecule has 0 saturated carbocycles. The van der Waals surface area contributed by atoms with Gasteiger partial charge >= 0.3 is 0 Å². The van der Waals surface area contributed by atoms with Crippen LogP contribution in [0.2, 0.25) is 0 Å². The van der Waals surface area contributed by atoms with Crippen molar-refractivity contribution in [2.75, 3.05) is 11.9 Å². The van der Waals surface area contributed by atoms with Crippen LogP contribution in [0.4, 0.5) is 5.82 Å². The summed E-state index contributed by atoms with van der Waals surface area (Å²) in [6.45, 7) is 0.831. The first-order valence-electron chi connectivity index (χ1n) is 7.41. The summed E-state index contributed by atoms with van der Waals surface area (Å²) in [6, 6.07) is 18.6. The van der Waals surface area contributed by atoms with Crippen LogP contribution >= 0.6 is 0 Å². The number of nitrogens with zero attached hydrogens (tertiary/aromatic N) is 3. The van der Waals surface area contributed by atoms with Gasteiger partial charge in [-0.2, -0.15) is 0 Å². The number of anilines is 1. The van der Waals surface area contributed by atoms with Crippen LogP contribution in [-0.2, 0) is 6.42 Å². The van der Waals surface area contributed by atoms with Crippen LogP contribution in [0.25, 0.3) is 16.7 Å². The first kappa shape index (κ1) is 12.8. The zero-order chi connectivity index (χ0) is 14.8. The fourth-order valence-electron chi connectivity index (χ4n) is 2.69. The van der Waals surface area contributed by atoms with Gasteiger partial charge in [0.1, 0.15) is 0 Å². The summed E-state index contributed by atoms with van der Waals surface area (Å²) in [6.07, 6.45) is 4.75. The van der Waals surface area contributed by atoms with Gasteiger partial charge < -0.3 is 5.32 Å². The summed E-state index contributed by atoms with van der Waals surface area (Å²) in [5.74, 6) is 0.833. The summed E-state index contributed by atoms with van der Waals surface area (Å²) in [5, 5.41) is 3.42. The van der Waals surface area contributed by atoms with Gasteiger partial charge in [-0.1, -0.05) is 42.5 Å². The average Bonchev–Trinajstić information content (AvgIpc) is 3.06. The van der Waals surface area contributed by atoms with E-state index in [9.17, 15) is 0 Å². The number of rotatable bonds is 4. The summed E-state index contributed by atoms with van der Waals surface area (Å²) in [5.41, 5.74) is 4.22. The molecule has 0 fully saturated rings. The standard InChI is InChI=1S/C18H16N4/c1-2-6-14(7-3-1)10-11-19-17-18-20-12-13-22(18)16-9-5-4-8-15(16)21-17/h1-9,12-13H,10-11H2,(H,19,21). The van der Waals surface area contributed by atoms with Gasteiger partial charge in [0.05, 0.1) is 11.0 Å². The summed E-state index contributed by atoms with van der Waals surface area (Å²) in [7, 11) is 0. The Morgan fingerprint density at radius 3 is 2.68 bits per heavy atom. The Bertz CT molecular complexity index is 912. The van der Waals surface area contributed by atoms with E-state index in [-0.39, 0.29) is 0 Å². The maximum absolute atomic E-state index is 4.71. The van der Waals surface area contributed by atoms with Crippen molar-refractivity contribution < 1.29 is 0 Å². The summed E-state index contributed by atoms with van der Waals surface area (Å²) >= 11 is 0. The van der Waals surface area contributed by atoms with Crippen LogP contribution in [0.5, 0.6) is 0 Å². The van der Waals surface area contributed by atoms with E-state index in [2.05, 4.69) is 45.0 Å². The maximum atomic E-state index is 4.71. The molecule has 0 radical (unpaired) electrons. The predicted molar refractivity (Wildman–Crippen MR) is 89.1 cm³/mol. The summed E-state index contributed by atoms with van der Waals surface area (Å²) in [4.78, 5) is 9.14. The molecule has 22 heavy (non-hydrogen) atoms. The topological polar surface area (TPSA) is 42.2 Å². The Balaban J connectivity index is 1.64. The van der Waals surface area contributed by atoms with Crippen molar-refractivity contribution in [2.45, 2.75) is 6.42 Å². The summed E-state index contributed by atoms with van der Waals surface area (Å²) < 4.78 is 2.08. The van der Waals surface area contributed by atoms with Gasteiger partial charge in [0, 0.05) is 18.9 Å². The molecule has 4 nitrogen and oxygen atoms in total. The van der Waals surface area contributed by atoms with Gasteiger partial charge in [-0.3, -0.25) is 4.40 Å². The molecule has 0 amide bonds. The number of nitrogens with one attached hydrogen (secondary N) is 1. The quantitative estimate of drug-likeness (QED) is 0.624. The Morgan fingerprint density at radius 1 is 0.955 bits per heavy atom. The van der Waals surface area contributed by atoms with Crippen molar-refractivity contribution >= 4 is 22.5 Å². The normalized spacial score (nSPS) is 11.1. The van der Waals surface area contributed by atoms with Crippen molar-refractivity contribution in [1.29, 1.82) is 0 Å². The fourth-order valence-corrected chi connectivity index (χ4v) is 2.69. The van der Waals surface area contributed by atoms with E-state index in [1.807, 2.05) is 36.7 Å². The molecule has 1 N–H and O–H groups in total. The second-order valence-electron chi connectivity index (χ2n) is 5.23. The van der Waals surface area contributed by atoms with E-state index in [1.54, 1.807) is 0 Å². The molecular weight excluding hydrogens is 272 g/mol. The lowest BCUT2D eigenvalue weighted by Gasteiger charge is -2.09. The number of hydrogen-bond acceptors (Lipinski definition) is 3. The van der Waals surface area contributed by atoms with Crippen LogP contribution < -0.4 is 5.32 Å². The molecule has 4 heteroatoms. The van der Waals surface area contributed by atoms with Gasteiger partial charge in [0.25, 0.3) is 0 Å². The van der Waals surface area contributed by atoms with Crippen molar-refractivity contribution in [3.8, 4) is 0 Å². The first-order valence-corrected chi connectivity index (χ1v) is 7.41. The molecule has 4 rings (SSSR count). The number of fused-ring (bicyclic) bond motifs is 3. The monoisotopic (exact) mass is 288 g/mol. The van der Waals surface area contributed by atoms with Gasteiger partial charge in [-0.05, 0) is 24.1 Å². The SMILES string of the molecule is c1ccc(CCNc2nc3ccccc3n3ccnc23)cc1. The van der Waals surface area contributed by atoms with Crippen molar-refractivity contribution in [2.24, 2.45) is 0 Å². The maximum Gasteiger partial charge on any atom is 0.180 e. The zero-order valence-corrected chi connectivity index (χ0v) is 12.1. The molecule has 108 valence electrons. The third-order valence-corrected chi connectivity index (χ3v) is 3.78. The molecule has 4 aromatic rings. The number of hydrogen-bond donors (Lipinski definition) is 1. The van der Waals surface area contributed by atoms with E-state index in [4.69, 9.17) is 4.98 Å². The minimum absolute atomic E-state index is 0.831. The lowest BCUT2D eigenvalue weighted by atomic mass is 10.1. The number of benzene rings is 2. The number of imidazole rings is 1. The highest BCUT2D eigenvalue weighted by atomic mass is 15.1. The van der Waals surface area contributed by atoms with Crippen LogP contribution in [-0.4, -0.2) is 20.9 Å². The third-order valence-electron chi connectivity index (χ3n) is 3.78. The predicted octanol–water partition coefficient (Wildman–Crippen LogP) is 3.54. The molecule has 0 saturated heterocycles. The van der Waals surface area contributed by atoms with Gasteiger partial charge in [-0.25, -0.2) is 9.97 Å². The minimum atomic E-state index is 0.831. The van der Waals surface area contributed by atoms with Crippen LogP contribution in [0.15, 0.2) is 67.0 Å². The largest absolute Gasteiger partial charge is 0.367 e. The highest BCUT2D eigenvalue weighted by Crippen LogP contribution is 2.20. The highest BCUT2D eigenvalue weighted by Gasteiger charge is 2.08. The van der Waals surface area contributed by atoms with Gasteiger partial charge in [-0.15, -0.1) is 0 Å². The molecule has 2 aromatic heterocycles. The Labute approximate surface area is 128 Å². The molecule has 0 atom stereocenters. The molecule has 2 heterocycles. The Morgan fingerprint density at radius 2 is 1.77 bits per heavy atom. The molecule has 0 aliphatic rings. The molecule has 2 aromatic carbocycles. The lowest BCUT2D eigenvalue weighted by molar-refractivity contribution is 1.01. The minimum Gasteiger partial charge on any atom is -0.367 e. The average molecular weight is 288 g/mol. The van der Waals surface area contributed by atoms with E-state index in [0.717, 1.165) is 35.5 Å². The molecular formula is C18H16N4. The second kappa shape index (κ2) is 5.48. The molecule has 0 spiro atoms. The van der Waals surface area contributed by atoms with Crippen molar-refractivity contribution in [3.63, 3.8) is 0 Å². The number of para-hydroxylation sites is 2. The lowest BCUT2D eigenvalue weighted by Crippen LogP contribution is -2.08. The zero-order valence-electron chi connectivity index (χ0n) is 12.1. The fraction of sp³-hybridized carbons (Fsp3) is 0.111. The van der Waals surface area contributed by atoms with Gasteiger partial charge in [0.2, 0.25) is 0 Å². The third kappa shape index (κ3) is 2.29. The van der Waals surface area contributed by atoms with Crippen molar-refractivity contribution in [3.05, 3.63) is 72.6 Å².